The Morgan fingerprint density at radius 2 is 1.82 bits per heavy atom. The number of likely N-dealkylation sites (tertiary alicyclic amines) is 1. The summed E-state index contributed by atoms with van der Waals surface area (Å²) in [6.45, 7) is 1.49. The molecule has 2 aromatic rings. The van der Waals surface area contributed by atoms with E-state index in [0.717, 1.165) is 36.2 Å². The summed E-state index contributed by atoms with van der Waals surface area (Å²) in [5, 5.41) is 2.76. The van der Waals surface area contributed by atoms with Gasteiger partial charge in [0.25, 0.3) is 0 Å². The summed E-state index contributed by atoms with van der Waals surface area (Å²) >= 11 is 0. The van der Waals surface area contributed by atoms with Crippen molar-refractivity contribution < 1.29 is 22.8 Å². The first-order valence-corrected chi connectivity index (χ1v) is 9.10. The number of hydrogen-bond donors (Lipinski definition) is 1. The van der Waals surface area contributed by atoms with Crippen molar-refractivity contribution in [2.24, 2.45) is 0 Å². The van der Waals surface area contributed by atoms with E-state index in [2.05, 4.69) is 5.32 Å². The molecule has 1 fully saturated rings. The molecule has 0 atom stereocenters. The van der Waals surface area contributed by atoms with Gasteiger partial charge in [-0.25, -0.2) is 0 Å². The molecule has 28 heavy (non-hydrogen) atoms. The maximum absolute atomic E-state index is 12.8. The molecule has 0 radical (unpaired) electrons. The largest absolute Gasteiger partial charge is 0.416 e. The van der Waals surface area contributed by atoms with E-state index < -0.39 is 11.7 Å². The smallest absolute Gasteiger partial charge is 0.352 e. The number of alkyl halides is 3. The Kier molecular flexibility index (Phi) is 6.02. The Labute approximate surface area is 161 Å². The van der Waals surface area contributed by atoms with E-state index in [4.69, 9.17) is 0 Å². The topological polar surface area (TPSA) is 49.4 Å². The summed E-state index contributed by atoms with van der Waals surface area (Å²) in [6, 6.07) is 12.3. The fourth-order valence-electron chi connectivity index (χ4n) is 3.26. The minimum atomic E-state index is -4.43. The second-order valence-corrected chi connectivity index (χ2v) is 6.84. The molecular formula is C21H21F3N2O2. The Balaban J connectivity index is 1.60. The average molecular weight is 390 g/mol. The first kappa shape index (κ1) is 19.9. The van der Waals surface area contributed by atoms with Crippen LogP contribution in [0.4, 0.5) is 13.2 Å². The fourth-order valence-corrected chi connectivity index (χ4v) is 3.26. The van der Waals surface area contributed by atoms with Gasteiger partial charge in [0, 0.05) is 26.1 Å². The molecule has 1 aliphatic rings. The Bertz CT molecular complexity index is 865. The number of hydrogen-bond acceptors (Lipinski definition) is 2. The molecule has 3 rings (SSSR count). The lowest BCUT2D eigenvalue weighted by molar-refractivity contribution is -0.137. The van der Waals surface area contributed by atoms with Crippen molar-refractivity contribution in [2.75, 3.05) is 6.54 Å². The highest BCUT2D eigenvalue weighted by molar-refractivity contribution is 5.79. The third-order valence-corrected chi connectivity index (χ3v) is 4.75. The molecular weight excluding hydrogens is 369 g/mol. The van der Waals surface area contributed by atoms with Gasteiger partial charge in [0.15, 0.2) is 0 Å². The molecule has 1 aliphatic heterocycles. The van der Waals surface area contributed by atoms with Crippen molar-refractivity contribution in [1.82, 2.24) is 10.2 Å². The highest BCUT2D eigenvalue weighted by atomic mass is 19.4. The van der Waals surface area contributed by atoms with Crippen LogP contribution in [0.2, 0.25) is 0 Å². The zero-order valence-corrected chi connectivity index (χ0v) is 15.3. The number of halogens is 3. The summed E-state index contributed by atoms with van der Waals surface area (Å²) in [5.74, 6) is -0.227. The molecule has 0 aliphatic carbocycles. The number of nitrogens with one attached hydrogen (secondary N) is 1. The summed E-state index contributed by atoms with van der Waals surface area (Å²) in [6.07, 6.45) is -3.14. The van der Waals surface area contributed by atoms with Crippen LogP contribution < -0.4 is 5.32 Å². The number of carbonyl (C=O) groups is 2. The van der Waals surface area contributed by atoms with Crippen LogP contribution in [-0.2, 0) is 35.3 Å². The summed E-state index contributed by atoms with van der Waals surface area (Å²) < 4.78 is 38.4. The molecule has 7 heteroatoms. The lowest BCUT2D eigenvalue weighted by atomic mass is 10.1. The van der Waals surface area contributed by atoms with Crippen molar-refractivity contribution in [3.63, 3.8) is 0 Å². The molecule has 148 valence electrons. The molecule has 2 amide bonds. The van der Waals surface area contributed by atoms with Gasteiger partial charge in [-0.2, -0.15) is 13.2 Å². The molecule has 1 N–H and O–H groups in total. The van der Waals surface area contributed by atoms with Gasteiger partial charge in [-0.15, -0.1) is 0 Å². The zero-order chi connectivity index (χ0) is 20.1. The highest BCUT2D eigenvalue weighted by Crippen LogP contribution is 2.29. The molecule has 1 heterocycles. The van der Waals surface area contributed by atoms with Crippen LogP contribution >= 0.6 is 0 Å². The first-order valence-electron chi connectivity index (χ1n) is 9.10. The zero-order valence-electron chi connectivity index (χ0n) is 15.3. The minimum Gasteiger partial charge on any atom is -0.352 e. The van der Waals surface area contributed by atoms with Crippen molar-refractivity contribution in [3.8, 4) is 0 Å². The number of amides is 2. The lowest BCUT2D eigenvalue weighted by Gasteiger charge is -2.18. The van der Waals surface area contributed by atoms with Crippen LogP contribution in [0.15, 0.2) is 48.5 Å². The second kappa shape index (κ2) is 8.46. The van der Waals surface area contributed by atoms with E-state index in [1.165, 1.54) is 12.1 Å². The van der Waals surface area contributed by atoms with E-state index in [0.29, 0.717) is 18.5 Å². The van der Waals surface area contributed by atoms with Crippen LogP contribution in [0.3, 0.4) is 0 Å². The minimum absolute atomic E-state index is 0.128. The van der Waals surface area contributed by atoms with Crippen molar-refractivity contribution in [2.45, 2.75) is 38.5 Å². The van der Waals surface area contributed by atoms with Gasteiger partial charge in [-0.3, -0.25) is 9.59 Å². The van der Waals surface area contributed by atoms with Crippen LogP contribution in [0, 0.1) is 0 Å². The van der Waals surface area contributed by atoms with Crippen molar-refractivity contribution in [1.29, 1.82) is 0 Å². The van der Waals surface area contributed by atoms with Crippen LogP contribution in [-0.4, -0.2) is 23.3 Å². The molecule has 0 bridgehead atoms. The van der Waals surface area contributed by atoms with Crippen molar-refractivity contribution >= 4 is 11.8 Å². The third-order valence-electron chi connectivity index (χ3n) is 4.75. The second-order valence-electron chi connectivity index (χ2n) is 6.84. The molecule has 0 spiro atoms. The number of benzene rings is 2. The quantitative estimate of drug-likeness (QED) is 0.818. The molecule has 4 nitrogen and oxygen atoms in total. The van der Waals surface area contributed by atoms with Gasteiger partial charge < -0.3 is 10.2 Å². The predicted molar refractivity (Wildman–Crippen MR) is 98.1 cm³/mol. The van der Waals surface area contributed by atoms with Crippen LogP contribution in [0.1, 0.15) is 35.1 Å². The number of carbonyl (C=O) groups excluding carboxylic acids is 2. The van der Waals surface area contributed by atoms with E-state index in [-0.39, 0.29) is 24.8 Å². The normalized spacial score (nSPS) is 14.4. The molecule has 0 unspecified atom stereocenters. The average Bonchev–Trinajstić information content (AvgIpc) is 3.05. The maximum Gasteiger partial charge on any atom is 0.416 e. The highest BCUT2D eigenvalue weighted by Gasteiger charge is 2.30. The van der Waals surface area contributed by atoms with Gasteiger partial charge in [0.1, 0.15) is 0 Å². The Morgan fingerprint density at radius 3 is 2.50 bits per heavy atom. The van der Waals surface area contributed by atoms with Gasteiger partial charge in [-0.1, -0.05) is 42.5 Å². The number of nitrogens with zero attached hydrogens (tertiary/aromatic N) is 1. The van der Waals surface area contributed by atoms with Gasteiger partial charge in [0.05, 0.1) is 12.0 Å². The summed E-state index contributed by atoms with van der Waals surface area (Å²) in [7, 11) is 0. The third kappa shape index (κ3) is 5.12. The Morgan fingerprint density at radius 1 is 1.07 bits per heavy atom. The van der Waals surface area contributed by atoms with E-state index in [1.54, 1.807) is 4.90 Å². The number of rotatable bonds is 6. The molecule has 2 aromatic carbocycles. The maximum atomic E-state index is 12.8. The SMILES string of the molecule is O=C(Cc1cccc(C(F)(F)F)c1)NCc1ccccc1CN1CCCC1=O. The lowest BCUT2D eigenvalue weighted by Crippen LogP contribution is -2.27. The van der Waals surface area contributed by atoms with Gasteiger partial charge >= 0.3 is 6.18 Å². The van der Waals surface area contributed by atoms with E-state index in [9.17, 15) is 22.8 Å². The van der Waals surface area contributed by atoms with Gasteiger partial charge in [-0.05, 0) is 29.2 Å². The van der Waals surface area contributed by atoms with Crippen LogP contribution in [0.5, 0.6) is 0 Å². The standard InChI is InChI=1S/C21H21F3N2O2/c22-21(23,24)18-8-3-5-15(11-18)12-19(27)25-13-16-6-1-2-7-17(16)14-26-10-4-9-20(26)28/h1-3,5-8,11H,4,9-10,12-14H2,(H,25,27). The van der Waals surface area contributed by atoms with Crippen LogP contribution in [0.25, 0.3) is 0 Å². The summed E-state index contributed by atoms with van der Waals surface area (Å²) in [4.78, 5) is 25.8. The molecule has 0 aromatic heterocycles. The summed E-state index contributed by atoms with van der Waals surface area (Å²) in [5.41, 5.74) is 1.39. The first-order chi connectivity index (χ1) is 13.3. The van der Waals surface area contributed by atoms with E-state index >= 15 is 0 Å². The fraction of sp³-hybridized carbons (Fsp3) is 0.333. The molecule has 0 saturated carbocycles. The van der Waals surface area contributed by atoms with E-state index in [1.807, 2.05) is 24.3 Å². The van der Waals surface area contributed by atoms with Gasteiger partial charge in [0.2, 0.25) is 11.8 Å². The predicted octanol–water partition coefficient (Wildman–Crippen LogP) is 3.69. The monoisotopic (exact) mass is 390 g/mol. The van der Waals surface area contributed by atoms with Crippen molar-refractivity contribution in [3.05, 3.63) is 70.8 Å². The Hall–Kier alpha value is -2.83. The molecule has 1 saturated heterocycles.